The lowest BCUT2D eigenvalue weighted by Gasteiger charge is -2.44. The van der Waals surface area contributed by atoms with E-state index in [1.54, 1.807) is 12.1 Å². The van der Waals surface area contributed by atoms with Gasteiger partial charge in [0.05, 0.1) is 23.8 Å². The smallest absolute Gasteiger partial charge is 0.416 e. The van der Waals surface area contributed by atoms with Gasteiger partial charge in [-0.2, -0.15) is 26.3 Å². The third-order valence-corrected chi connectivity index (χ3v) is 7.07. The Morgan fingerprint density at radius 2 is 1.53 bits per heavy atom. The van der Waals surface area contributed by atoms with Crippen molar-refractivity contribution in [2.45, 2.75) is 44.0 Å². The molecule has 2 fully saturated rings. The van der Waals surface area contributed by atoms with E-state index < -0.39 is 47.6 Å². The second-order valence-electron chi connectivity index (χ2n) is 9.71. The number of alkyl halides is 6. The van der Waals surface area contributed by atoms with Gasteiger partial charge in [0, 0.05) is 25.6 Å². The lowest BCUT2D eigenvalue weighted by Crippen LogP contribution is -2.48. The molecule has 0 aromatic heterocycles. The number of hydrogen-bond donors (Lipinski definition) is 0. The van der Waals surface area contributed by atoms with E-state index in [1.807, 2.05) is 0 Å². The van der Waals surface area contributed by atoms with Crippen LogP contribution in [0.5, 0.6) is 0 Å². The summed E-state index contributed by atoms with van der Waals surface area (Å²) < 4.78 is 106. The number of rotatable bonds is 6. The molecule has 0 bridgehead atoms. The molecule has 2 aliphatic rings. The third-order valence-electron chi connectivity index (χ3n) is 7.07. The summed E-state index contributed by atoms with van der Waals surface area (Å²) in [6.45, 7) is 4.05. The maximum absolute atomic E-state index is 13.7. The molecule has 38 heavy (non-hydrogen) atoms. The predicted molar refractivity (Wildman–Crippen MR) is 124 cm³/mol. The van der Waals surface area contributed by atoms with Gasteiger partial charge in [0.15, 0.2) is 6.29 Å². The van der Waals surface area contributed by atoms with Crippen LogP contribution in [0.1, 0.15) is 47.6 Å². The number of ether oxygens (including phenoxy) is 2. The Balaban J connectivity index is 1.61. The van der Waals surface area contributed by atoms with Crippen LogP contribution in [0.25, 0.3) is 0 Å². The first-order valence-electron chi connectivity index (χ1n) is 12.3. The maximum Gasteiger partial charge on any atom is 0.416 e. The lowest BCUT2D eigenvalue weighted by molar-refractivity contribution is -0.210. The molecule has 2 aromatic rings. The number of halogens is 7. The van der Waals surface area contributed by atoms with E-state index in [1.165, 1.54) is 19.1 Å². The molecule has 5 nitrogen and oxygen atoms in total. The standard InChI is InChI=1S/C26H28F7N2O3/c1-16(19-12-20(25(28,29)30)14-21(13-19)26(31,32)33)38-24-23(17-2-4-22(27)5-3-17)18(6-11-37-24)15-34-7-9-35(36)10-8-34/h2-5,12-14,16,18,23-24H,6-11,15H2,1H3/q-1/t16-,18-,23-,24-/m1/s1. The van der Waals surface area contributed by atoms with Crippen molar-refractivity contribution in [2.24, 2.45) is 5.92 Å². The van der Waals surface area contributed by atoms with Gasteiger partial charge in [0.1, 0.15) is 5.82 Å². The van der Waals surface area contributed by atoms with Crippen molar-refractivity contribution in [3.8, 4) is 0 Å². The molecule has 0 N–H and O–H groups in total. The van der Waals surface area contributed by atoms with Gasteiger partial charge in [-0.3, -0.25) is 0 Å². The maximum atomic E-state index is 13.7. The van der Waals surface area contributed by atoms with Crippen LogP contribution in [0.15, 0.2) is 42.5 Å². The van der Waals surface area contributed by atoms with Gasteiger partial charge < -0.3 is 24.6 Å². The van der Waals surface area contributed by atoms with E-state index in [2.05, 4.69) is 4.90 Å². The number of hydrogen-bond acceptors (Lipinski definition) is 5. The molecule has 4 rings (SSSR count). The van der Waals surface area contributed by atoms with Crippen LogP contribution in [0.4, 0.5) is 30.7 Å². The molecule has 2 aliphatic heterocycles. The fraction of sp³-hybridized carbons (Fsp3) is 0.538. The van der Waals surface area contributed by atoms with Gasteiger partial charge in [-0.05, 0) is 73.8 Å². The van der Waals surface area contributed by atoms with Gasteiger partial charge in [0.25, 0.3) is 0 Å². The molecule has 2 aromatic carbocycles. The Kier molecular flexibility index (Phi) is 8.68. The molecule has 2 heterocycles. The SMILES string of the molecule is C[C@@H](O[C@H]1OCC[C@H](CN2CCN([O-])CC2)[C@H]1c1ccc(F)cc1)c1cc(C(F)(F)F)cc(C(F)(F)F)c1. The minimum atomic E-state index is -4.98. The number of benzene rings is 2. The fourth-order valence-electron chi connectivity index (χ4n) is 5.02. The monoisotopic (exact) mass is 549 g/mol. The van der Waals surface area contributed by atoms with Crippen LogP contribution < -0.4 is 0 Å². The van der Waals surface area contributed by atoms with Crippen molar-refractivity contribution >= 4 is 0 Å². The Morgan fingerprint density at radius 1 is 0.947 bits per heavy atom. The van der Waals surface area contributed by atoms with E-state index in [0.717, 1.165) is 5.06 Å². The van der Waals surface area contributed by atoms with E-state index in [9.17, 15) is 35.9 Å². The van der Waals surface area contributed by atoms with Gasteiger partial charge in [-0.1, -0.05) is 12.1 Å². The van der Waals surface area contributed by atoms with Crippen molar-refractivity contribution in [1.29, 1.82) is 0 Å². The second-order valence-corrected chi connectivity index (χ2v) is 9.71. The van der Waals surface area contributed by atoms with Crippen LogP contribution in [0.3, 0.4) is 0 Å². The average molecular weight is 550 g/mol. The van der Waals surface area contributed by atoms with Gasteiger partial charge in [-0.15, -0.1) is 0 Å². The molecular weight excluding hydrogens is 521 g/mol. The molecule has 210 valence electrons. The van der Waals surface area contributed by atoms with Crippen molar-refractivity contribution in [2.75, 3.05) is 39.3 Å². The van der Waals surface area contributed by atoms with E-state index in [0.29, 0.717) is 56.8 Å². The van der Waals surface area contributed by atoms with Crippen LogP contribution in [0.2, 0.25) is 0 Å². The summed E-state index contributed by atoms with van der Waals surface area (Å²) in [7, 11) is 0. The van der Waals surface area contributed by atoms with E-state index in [-0.39, 0.29) is 24.2 Å². The van der Waals surface area contributed by atoms with E-state index >= 15 is 0 Å². The summed E-state index contributed by atoms with van der Waals surface area (Å²) in [5, 5.41) is 12.6. The van der Waals surface area contributed by atoms with E-state index in [4.69, 9.17) is 9.47 Å². The molecule has 0 aliphatic carbocycles. The van der Waals surface area contributed by atoms with Gasteiger partial charge in [0.2, 0.25) is 0 Å². The van der Waals surface area contributed by atoms with Crippen LogP contribution in [-0.2, 0) is 21.8 Å². The highest BCUT2D eigenvalue weighted by Crippen LogP contribution is 2.41. The van der Waals surface area contributed by atoms with Crippen LogP contribution >= 0.6 is 0 Å². The zero-order valence-electron chi connectivity index (χ0n) is 20.6. The largest absolute Gasteiger partial charge is 0.785 e. The highest BCUT2D eigenvalue weighted by molar-refractivity contribution is 5.35. The second kappa shape index (κ2) is 11.5. The first-order valence-corrected chi connectivity index (χ1v) is 12.3. The van der Waals surface area contributed by atoms with Crippen LogP contribution in [0, 0.1) is 16.9 Å². The number of nitrogens with zero attached hydrogens (tertiary/aromatic N) is 2. The minimum absolute atomic E-state index is 0.0724. The molecular formula is C26H28F7N2O3-. The molecule has 0 amide bonds. The first-order chi connectivity index (χ1) is 17.8. The molecule has 4 atom stereocenters. The average Bonchev–Trinajstić information content (AvgIpc) is 2.85. The van der Waals surface area contributed by atoms with Gasteiger partial charge in [-0.25, -0.2) is 4.39 Å². The summed E-state index contributed by atoms with van der Waals surface area (Å²) in [4.78, 5) is 2.13. The highest BCUT2D eigenvalue weighted by atomic mass is 19.4. The predicted octanol–water partition coefficient (Wildman–Crippen LogP) is 6.20. The lowest BCUT2D eigenvalue weighted by atomic mass is 9.81. The summed E-state index contributed by atoms with van der Waals surface area (Å²) in [6.07, 6.45) is -11.5. The summed E-state index contributed by atoms with van der Waals surface area (Å²) in [5.74, 6) is -0.995. The van der Waals surface area contributed by atoms with Crippen molar-refractivity contribution in [3.63, 3.8) is 0 Å². The fourth-order valence-corrected chi connectivity index (χ4v) is 5.02. The molecule has 12 heteroatoms. The minimum Gasteiger partial charge on any atom is -0.785 e. The zero-order chi connectivity index (χ0) is 27.7. The quantitative estimate of drug-likeness (QED) is 0.402. The van der Waals surface area contributed by atoms with Crippen molar-refractivity contribution in [3.05, 3.63) is 75.7 Å². The van der Waals surface area contributed by atoms with Gasteiger partial charge >= 0.3 is 12.4 Å². The summed E-state index contributed by atoms with van der Waals surface area (Å²) >= 11 is 0. The molecule has 0 unspecified atom stereocenters. The summed E-state index contributed by atoms with van der Waals surface area (Å²) in [6, 6.07) is 7.08. The normalized spacial score (nSPS) is 24.9. The third kappa shape index (κ3) is 7.03. The summed E-state index contributed by atoms with van der Waals surface area (Å²) in [5.41, 5.74) is -2.46. The Morgan fingerprint density at radius 3 is 2.08 bits per heavy atom. The Bertz CT molecular complexity index is 1040. The van der Waals surface area contributed by atoms with Crippen molar-refractivity contribution in [1.82, 2.24) is 9.96 Å². The molecule has 2 saturated heterocycles. The topological polar surface area (TPSA) is 48.0 Å². The molecule has 0 radical (unpaired) electrons. The molecule has 0 saturated carbocycles. The Hall–Kier alpha value is -2.25. The van der Waals surface area contributed by atoms with Crippen LogP contribution in [-0.4, -0.2) is 55.6 Å². The first kappa shape index (κ1) is 28.8. The number of piperazine rings is 1. The zero-order valence-corrected chi connectivity index (χ0v) is 20.6. The molecule has 0 spiro atoms. The Labute approximate surface area is 215 Å². The highest BCUT2D eigenvalue weighted by Gasteiger charge is 2.40. The van der Waals surface area contributed by atoms with Crippen molar-refractivity contribution < 1.29 is 40.2 Å². The number of hydroxylamine groups is 2.